The topological polar surface area (TPSA) is 6.48 Å². The average molecular weight is 417 g/mol. The SMILES string of the molecule is Fc1cccc(N2CCN(C3CC[Si](c4ccccc4)(c4ccccc4)C3)CC2)c1. The summed E-state index contributed by atoms with van der Waals surface area (Å²) in [5.41, 5.74) is 1.01. The van der Waals surface area contributed by atoms with Crippen molar-refractivity contribution in [1.29, 1.82) is 0 Å². The van der Waals surface area contributed by atoms with E-state index in [0.717, 1.165) is 31.9 Å². The van der Waals surface area contributed by atoms with Crippen molar-refractivity contribution in [3.8, 4) is 0 Å². The molecule has 154 valence electrons. The second-order valence-corrected chi connectivity index (χ2v) is 12.9. The molecule has 2 saturated heterocycles. The molecule has 2 nitrogen and oxygen atoms in total. The Morgan fingerprint density at radius 1 is 0.733 bits per heavy atom. The van der Waals surface area contributed by atoms with E-state index < -0.39 is 8.07 Å². The van der Waals surface area contributed by atoms with Crippen molar-refractivity contribution in [1.82, 2.24) is 4.90 Å². The van der Waals surface area contributed by atoms with E-state index in [4.69, 9.17) is 0 Å². The number of hydrogen-bond acceptors (Lipinski definition) is 2. The summed E-state index contributed by atoms with van der Waals surface area (Å²) < 4.78 is 13.6. The molecule has 2 aliphatic rings. The molecule has 0 N–H and O–H groups in total. The van der Waals surface area contributed by atoms with E-state index in [1.165, 1.54) is 24.6 Å². The second kappa shape index (κ2) is 8.36. The van der Waals surface area contributed by atoms with E-state index >= 15 is 0 Å². The summed E-state index contributed by atoms with van der Waals surface area (Å²) in [5, 5.41) is 3.16. The van der Waals surface area contributed by atoms with E-state index in [1.54, 1.807) is 16.4 Å². The normalized spacial score (nSPS) is 21.6. The van der Waals surface area contributed by atoms with Crippen molar-refractivity contribution in [3.05, 3.63) is 90.7 Å². The van der Waals surface area contributed by atoms with Gasteiger partial charge in [-0.2, -0.15) is 0 Å². The summed E-state index contributed by atoms with van der Waals surface area (Å²) in [4.78, 5) is 5.03. The van der Waals surface area contributed by atoms with Gasteiger partial charge in [0.25, 0.3) is 0 Å². The van der Waals surface area contributed by atoms with Crippen molar-refractivity contribution >= 4 is 24.1 Å². The minimum absolute atomic E-state index is 0.146. The van der Waals surface area contributed by atoms with Crippen LogP contribution in [0.5, 0.6) is 0 Å². The summed E-state index contributed by atoms with van der Waals surface area (Å²) in [7, 11) is -1.72. The molecule has 3 aromatic carbocycles. The van der Waals surface area contributed by atoms with E-state index in [9.17, 15) is 4.39 Å². The molecule has 2 aliphatic heterocycles. The lowest BCUT2D eigenvalue weighted by Gasteiger charge is -2.40. The van der Waals surface area contributed by atoms with Crippen LogP contribution in [0.25, 0.3) is 0 Å². The number of hydrogen-bond donors (Lipinski definition) is 0. The van der Waals surface area contributed by atoms with Gasteiger partial charge >= 0.3 is 0 Å². The number of piperazine rings is 1. The summed E-state index contributed by atoms with van der Waals surface area (Å²) in [6.07, 6.45) is 1.29. The van der Waals surface area contributed by atoms with Gasteiger partial charge in [-0.1, -0.05) is 77.1 Å². The highest BCUT2D eigenvalue weighted by atomic mass is 28.3. The highest BCUT2D eigenvalue weighted by Crippen LogP contribution is 2.34. The zero-order chi connectivity index (χ0) is 20.4. The Hall–Kier alpha value is -2.43. The van der Waals surface area contributed by atoms with E-state index in [1.807, 2.05) is 12.1 Å². The Balaban J connectivity index is 1.33. The van der Waals surface area contributed by atoms with Gasteiger partial charge in [-0.15, -0.1) is 0 Å². The highest BCUT2D eigenvalue weighted by molar-refractivity contribution is 7.02. The molecule has 3 aromatic rings. The van der Waals surface area contributed by atoms with Crippen molar-refractivity contribution in [2.24, 2.45) is 0 Å². The second-order valence-electron chi connectivity index (χ2n) is 8.71. The van der Waals surface area contributed by atoms with Gasteiger partial charge in [-0.3, -0.25) is 4.90 Å². The molecule has 0 aliphatic carbocycles. The molecule has 0 radical (unpaired) electrons. The molecular formula is C26H29FN2Si. The summed E-state index contributed by atoms with van der Waals surface area (Å²) in [6, 6.07) is 32.9. The molecule has 0 bridgehead atoms. The Kier molecular flexibility index (Phi) is 5.44. The van der Waals surface area contributed by atoms with Crippen LogP contribution in [-0.4, -0.2) is 45.2 Å². The van der Waals surface area contributed by atoms with Crippen molar-refractivity contribution in [3.63, 3.8) is 0 Å². The van der Waals surface area contributed by atoms with E-state index in [-0.39, 0.29) is 5.82 Å². The highest BCUT2D eigenvalue weighted by Gasteiger charge is 2.46. The Morgan fingerprint density at radius 2 is 1.37 bits per heavy atom. The predicted octanol–water partition coefficient (Wildman–Crippen LogP) is 3.98. The van der Waals surface area contributed by atoms with Crippen molar-refractivity contribution in [2.75, 3.05) is 31.1 Å². The lowest BCUT2D eigenvalue weighted by atomic mass is 10.1. The van der Waals surface area contributed by atoms with Gasteiger partial charge in [0.15, 0.2) is 0 Å². The fourth-order valence-electron chi connectivity index (χ4n) is 5.55. The maximum atomic E-state index is 13.6. The first-order valence-corrected chi connectivity index (χ1v) is 13.5. The van der Waals surface area contributed by atoms with Crippen LogP contribution in [0.3, 0.4) is 0 Å². The maximum absolute atomic E-state index is 13.6. The molecule has 2 heterocycles. The predicted molar refractivity (Wildman–Crippen MR) is 126 cm³/mol. The molecule has 0 aromatic heterocycles. The summed E-state index contributed by atoms with van der Waals surface area (Å²) >= 11 is 0. The first-order valence-electron chi connectivity index (χ1n) is 11.1. The molecule has 30 heavy (non-hydrogen) atoms. The maximum Gasteiger partial charge on any atom is 0.125 e. The first-order chi connectivity index (χ1) is 14.7. The third kappa shape index (κ3) is 3.70. The minimum atomic E-state index is -1.72. The summed E-state index contributed by atoms with van der Waals surface area (Å²) in [6.45, 7) is 4.08. The third-order valence-electron chi connectivity index (χ3n) is 7.15. The molecule has 2 fully saturated rings. The molecule has 0 saturated carbocycles. The van der Waals surface area contributed by atoms with Crippen molar-refractivity contribution in [2.45, 2.75) is 24.6 Å². The third-order valence-corrected chi connectivity index (χ3v) is 12.3. The van der Waals surface area contributed by atoms with Crippen LogP contribution in [0.2, 0.25) is 12.1 Å². The molecule has 1 unspecified atom stereocenters. The fourth-order valence-corrected chi connectivity index (χ4v) is 10.9. The summed E-state index contributed by atoms with van der Waals surface area (Å²) in [5.74, 6) is -0.146. The monoisotopic (exact) mass is 416 g/mol. The van der Waals surface area contributed by atoms with Crippen LogP contribution in [-0.2, 0) is 0 Å². The minimum Gasteiger partial charge on any atom is -0.369 e. The number of halogens is 1. The average Bonchev–Trinajstić information content (AvgIpc) is 3.27. The zero-order valence-corrected chi connectivity index (χ0v) is 18.4. The van der Waals surface area contributed by atoms with Gasteiger partial charge in [0, 0.05) is 37.9 Å². The molecule has 0 amide bonds. The number of anilines is 1. The van der Waals surface area contributed by atoms with E-state index in [2.05, 4.69) is 70.5 Å². The number of rotatable bonds is 4. The molecule has 1 atom stereocenters. The lowest BCUT2D eigenvalue weighted by molar-refractivity contribution is 0.198. The molecule has 0 spiro atoms. The van der Waals surface area contributed by atoms with Gasteiger partial charge in [0.05, 0.1) is 0 Å². The van der Waals surface area contributed by atoms with Crippen molar-refractivity contribution < 1.29 is 4.39 Å². The Bertz CT molecular complexity index is 931. The lowest BCUT2D eigenvalue weighted by Crippen LogP contribution is -2.57. The van der Waals surface area contributed by atoms with Gasteiger partial charge in [-0.05, 0) is 36.7 Å². The van der Waals surface area contributed by atoms with Crippen LogP contribution in [0.4, 0.5) is 10.1 Å². The van der Waals surface area contributed by atoms with Gasteiger partial charge in [0.2, 0.25) is 0 Å². The van der Waals surface area contributed by atoms with Gasteiger partial charge in [-0.25, -0.2) is 4.39 Å². The number of nitrogens with zero attached hydrogens (tertiary/aromatic N) is 2. The van der Waals surface area contributed by atoms with Crippen LogP contribution in [0.15, 0.2) is 84.9 Å². The smallest absolute Gasteiger partial charge is 0.125 e. The van der Waals surface area contributed by atoms with Crippen LogP contribution in [0, 0.1) is 5.82 Å². The first kappa shape index (κ1) is 19.5. The van der Waals surface area contributed by atoms with Gasteiger partial charge < -0.3 is 4.90 Å². The molecule has 5 rings (SSSR count). The molecule has 4 heteroatoms. The van der Waals surface area contributed by atoms with Crippen LogP contribution >= 0.6 is 0 Å². The number of benzene rings is 3. The fraction of sp³-hybridized carbons (Fsp3) is 0.308. The van der Waals surface area contributed by atoms with Crippen LogP contribution < -0.4 is 15.3 Å². The van der Waals surface area contributed by atoms with Crippen LogP contribution in [0.1, 0.15) is 6.42 Å². The van der Waals surface area contributed by atoms with E-state index in [0.29, 0.717) is 6.04 Å². The Labute approximate surface area is 180 Å². The quantitative estimate of drug-likeness (QED) is 0.594. The molecular weight excluding hydrogens is 387 g/mol. The Morgan fingerprint density at radius 3 is 1.97 bits per heavy atom. The standard InChI is InChI=1S/C26H29FN2Si/c27-22-8-7-9-23(20-22)28-15-17-29(18-16-28)24-14-19-30(21-24,25-10-3-1-4-11-25)26-12-5-2-6-13-26/h1-13,20,24H,14-19,21H2. The largest absolute Gasteiger partial charge is 0.369 e. The van der Waals surface area contributed by atoms with Gasteiger partial charge in [0.1, 0.15) is 13.9 Å². The zero-order valence-electron chi connectivity index (χ0n) is 17.4.